The van der Waals surface area contributed by atoms with Gasteiger partial charge in [-0.2, -0.15) is 0 Å². The fraction of sp³-hybridized carbons (Fsp3) is 0.0833. The number of thiophene rings is 1. The molecule has 0 aliphatic heterocycles. The van der Waals surface area contributed by atoms with Crippen molar-refractivity contribution in [3.8, 4) is 0 Å². The van der Waals surface area contributed by atoms with Crippen LogP contribution in [0.1, 0.15) is 15.2 Å². The van der Waals surface area contributed by atoms with E-state index in [9.17, 15) is 4.79 Å². The van der Waals surface area contributed by atoms with Gasteiger partial charge in [-0.3, -0.25) is 4.79 Å². The molecule has 0 saturated carbocycles. The molecular formula is C12H11NOS. The van der Waals surface area contributed by atoms with Gasteiger partial charge < -0.3 is 5.32 Å². The predicted molar refractivity (Wildman–Crippen MR) is 63.7 cm³/mol. The molecule has 2 nitrogen and oxygen atoms in total. The molecule has 0 amide bonds. The van der Waals surface area contributed by atoms with Crippen molar-refractivity contribution in [2.24, 2.45) is 0 Å². The lowest BCUT2D eigenvalue weighted by molar-refractivity contribution is 0.104. The second-order valence-corrected chi connectivity index (χ2v) is 4.08. The van der Waals surface area contributed by atoms with Crippen molar-refractivity contribution in [3.63, 3.8) is 0 Å². The summed E-state index contributed by atoms with van der Waals surface area (Å²) in [5, 5.41) is 4.93. The summed E-state index contributed by atoms with van der Waals surface area (Å²) in [5.41, 5.74) is 1.74. The first kappa shape index (κ1) is 9.93. The molecule has 0 atom stereocenters. The van der Waals surface area contributed by atoms with E-state index in [1.165, 1.54) is 11.3 Å². The van der Waals surface area contributed by atoms with Crippen LogP contribution in [0.25, 0.3) is 0 Å². The minimum absolute atomic E-state index is 0.0904. The molecular weight excluding hydrogens is 206 g/mol. The van der Waals surface area contributed by atoms with Gasteiger partial charge in [-0.25, -0.2) is 0 Å². The van der Waals surface area contributed by atoms with Crippen molar-refractivity contribution in [2.45, 2.75) is 0 Å². The van der Waals surface area contributed by atoms with Crippen LogP contribution in [0.15, 0.2) is 41.8 Å². The van der Waals surface area contributed by atoms with Crippen LogP contribution in [0, 0.1) is 0 Å². The van der Waals surface area contributed by atoms with Crippen molar-refractivity contribution >= 4 is 22.8 Å². The monoisotopic (exact) mass is 217 g/mol. The molecule has 1 aromatic carbocycles. The largest absolute Gasteiger partial charge is 0.388 e. The molecule has 1 aromatic heterocycles. The molecule has 0 spiro atoms. The smallest absolute Gasteiger partial charge is 0.202 e. The Balaban J connectivity index is 2.27. The highest BCUT2D eigenvalue weighted by Gasteiger charge is 2.08. The molecule has 76 valence electrons. The summed E-state index contributed by atoms with van der Waals surface area (Å²) < 4.78 is 0. The van der Waals surface area contributed by atoms with Gasteiger partial charge in [0.15, 0.2) is 0 Å². The molecule has 2 rings (SSSR count). The number of carbonyl (C=O) groups excluding carboxylic acids is 1. The Morgan fingerprint density at radius 1 is 1.20 bits per heavy atom. The first-order valence-electron chi connectivity index (χ1n) is 4.67. The Morgan fingerprint density at radius 2 is 1.93 bits per heavy atom. The number of anilines is 1. The first-order chi connectivity index (χ1) is 7.31. The lowest BCUT2D eigenvalue weighted by atomic mass is 10.1. The summed E-state index contributed by atoms with van der Waals surface area (Å²) in [7, 11) is 1.86. The van der Waals surface area contributed by atoms with Gasteiger partial charge >= 0.3 is 0 Å². The lowest BCUT2D eigenvalue weighted by Crippen LogP contribution is -1.98. The summed E-state index contributed by atoms with van der Waals surface area (Å²) in [4.78, 5) is 12.7. The molecule has 0 fully saturated rings. The summed E-state index contributed by atoms with van der Waals surface area (Å²) in [6, 6.07) is 11.2. The second-order valence-electron chi connectivity index (χ2n) is 3.13. The zero-order valence-corrected chi connectivity index (χ0v) is 9.17. The minimum atomic E-state index is 0.0904. The Labute approximate surface area is 92.6 Å². The average Bonchev–Trinajstić information content (AvgIpc) is 2.82. The fourth-order valence-electron chi connectivity index (χ4n) is 1.34. The Kier molecular flexibility index (Phi) is 2.83. The van der Waals surface area contributed by atoms with Gasteiger partial charge in [-0.1, -0.05) is 6.07 Å². The highest BCUT2D eigenvalue weighted by atomic mass is 32.1. The number of benzene rings is 1. The molecule has 0 radical (unpaired) electrons. The first-order valence-corrected chi connectivity index (χ1v) is 5.55. The van der Waals surface area contributed by atoms with Gasteiger partial charge in [0.25, 0.3) is 0 Å². The number of hydrogen-bond acceptors (Lipinski definition) is 3. The quantitative estimate of drug-likeness (QED) is 0.801. The van der Waals surface area contributed by atoms with Crippen molar-refractivity contribution < 1.29 is 4.79 Å². The second kappa shape index (κ2) is 4.28. The van der Waals surface area contributed by atoms with Crippen molar-refractivity contribution in [1.29, 1.82) is 0 Å². The predicted octanol–water partition coefficient (Wildman–Crippen LogP) is 3.02. The summed E-state index contributed by atoms with van der Waals surface area (Å²) in [6.07, 6.45) is 0. The van der Waals surface area contributed by atoms with Gasteiger partial charge in [0.1, 0.15) is 0 Å². The molecule has 0 unspecified atom stereocenters. The van der Waals surface area contributed by atoms with Gasteiger partial charge in [0.05, 0.1) is 4.88 Å². The highest BCUT2D eigenvalue weighted by Crippen LogP contribution is 2.16. The van der Waals surface area contributed by atoms with E-state index in [2.05, 4.69) is 5.32 Å². The Morgan fingerprint density at radius 3 is 2.47 bits per heavy atom. The topological polar surface area (TPSA) is 29.1 Å². The zero-order valence-electron chi connectivity index (χ0n) is 8.36. The molecule has 15 heavy (non-hydrogen) atoms. The Bertz CT molecular complexity index is 445. The summed E-state index contributed by atoms with van der Waals surface area (Å²) >= 11 is 1.47. The number of carbonyl (C=O) groups is 1. The van der Waals surface area contributed by atoms with Gasteiger partial charge in [0.2, 0.25) is 5.78 Å². The SMILES string of the molecule is CNc1ccc(C(=O)c2cccs2)cc1. The van der Waals surface area contributed by atoms with E-state index >= 15 is 0 Å². The molecule has 1 heterocycles. The van der Waals surface area contributed by atoms with Crippen molar-refractivity contribution in [2.75, 3.05) is 12.4 Å². The third kappa shape index (κ3) is 2.07. The lowest BCUT2D eigenvalue weighted by Gasteiger charge is -2.01. The van der Waals surface area contributed by atoms with Crippen LogP contribution in [0.3, 0.4) is 0 Å². The van der Waals surface area contributed by atoms with E-state index in [1.807, 2.05) is 48.8 Å². The number of rotatable bonds is 3. The van der Waals surface area contributed by atoms with E-state index in [0.717, 1.165) is 16.1 Å². The highest BCUT2D eigenvalue weighted by molar-refractivity contribution is 7.12. The van der Waals surface area contributed by atoms with E-state index in [-0.39, 0.29) is 5.78 Å². The van der Waals surface area contributed by atoms with Crippen LogP contribution in [0.4, 0.5) is 5.69 Å². The number of ketones is 1. The number of nitrogens with one attached hydrogen (secondary N) is 1. The van der Waals surface area contributed by atoms with Gasteiger partial charge in [0, 0.05) is 18.3 Å². The van der Waals surface area contributed by atoms with Crippen LogP contribution in [-0.4, -0.2) is 12.8 Å². The minimum Gasteiger partial charge on any atom is -0.388 e. The summed E-state index contributed by atoms with van der Waals surface area (Å²) in [5.74, 6) is 0.0904. The molecule has 2 aromatic rings. The van der Waals surface area contributed by atoms with E-state index in [0.29, 0.717) is 0 Å². The molecule has 0 aliphatic carbocycles. The average molecular weight is 217 g/mol. The van der Waals surface area contributed by atoms with Crippen molar-refractivity contribution in [3.05, 3.63) is 52.2 Å². The standard InChI is InChI=1S/C12H11NOS/c1-13-10-6-4-9(5-7-10)12(14)11-3-2-8-15-11/h2-8,13H,1H3. The maximum Gasteiger partial charge on any atom is 0.202 e. The molecule has 3 heteroatoms. The molecule has 0 saturated heterocycles. The number of hydrogen-bond donors (Lipinski definition) is 1. The van der Waals surface area contributed by atoms with Gasteiger partial charge in [-0.15, -0.1) is 11.3 Å². The zero-order chi connectivity index (χ0) is 10.7. The van der Waals surface area contributed by atoms with Crippen molar-refractivity contribution in [1.82, 2.24) is 0 Å². The van der Waals surface area contributed by atoms with Crippen LogP contribution in [-0.2, 0) is 0 Å². The molecule has 0 aliphatic rings. The third-order valence-corrected chi connectivity index (χ3v) is 3.05. The van der Waals surface area contributed by atoms with Crippen LogP contribution in [0.5, 0.6) is 0 Å². The van der Waals surface area contributed by atoms with Crippen LogP contribution < -0.4 is 5.32 Å². The maximum absolute atomic E-state index is 11.9. The normalized spacial score (nSPS) is 9.93. The maximum atomic E-state index is 11.9. The molecule has 0 bridgehead atoms. The van der Waals surface area contributed by atoms with E-state index < -0.39 is 0 Å². The van der Waals surface area contributed by atoms with E-state index in [4.69, 9.17) is 0 Å². The van der Waals surface area contributed by atoms with Crippen LogP contribution in [0.2, 0.25) is 0 Å². The van der Waals surface area contributed by atoms with Crippen LogP contribution >= 0.6 is 11.3 Å². The van der Waals surface area contributed by atoms with E-state index in [1.54, 1.807) is 0 Å². The third-order valence-electron chi connectivity index (χ3n) is 2.18. The Hall–Kier alpha value is -1.61. The van der Waals surface area contributed by atoms with Gasteiger partial charge in [-0.05, 0) is 35.7 Å². The molecule has 1 N–H and O–H groups in total. The summed E-state index contributed by atoms with van der Waals surface area (Å²) in [6.45, 7) is 0. The fourth-order valence-corrected chi connectivity index (χ4v) is 2.02.